The van der Waals surface area contributed by atoms with Crippen molar-refractivity contribution in [1.82, 2.24) is 0 Å². The lowest BCUT2D eigenvalue weighted by Crippen LogP contribution is -2.14. The molecule has 4 heteroatoms. The summed E-state index contributed by atoms with van der Waals surface area (Å²) in [6.45, 7) is 14.5. The van der Waals surface area contributed by atoms with Crippen LogP contribution in [0.3, 0.4) is 0 Å². The number of ether oxygens (including phenoxy) is 2. The molecule has 170 valence electrons. The van der Waals surface area contributed by atoms with Gasteiger partial charge in [0.1, 0.15) is 13.2 Å². The van der Waals surface area contributed by atoms with Crippen molar-refractivity contribution in [2.45, 2.75) is 111 Å². The zero-order chi connectivity index (χ0) is 22.3. The second kappa shape index (κ2) is 22.7. The van der Waals surface area contributed by atoms with Gasteiger partial charge in [-0.1, -0.05) is 110 Å². The lowest BCUT2D eigenvalue weighted by atomic mass is 10.1. The van der Waals surface area contributed by atoms with Crippen molar-refractivity contribution in [2.24, 2.45) is 0 Å². The summed E-state index contributed by atoms with van der Waals surface area (Å²) in [6.07, 6.45) is 18.9. The van der Waals surface area contributed by atoms with E-state index < -0.39 is 11.9 Å². The third kappa shape index (κ3) is 24.4. The van der Waals surface area contributed by atoms with Crippen LogP contribution in [0.2, 0.25) is 0 Å². The molecule has 0 radical (unpaired) electrons. The van der Waals surface area contributed by atoms with Crippen LogP contribution in [0.5, 0.6) is 0 Å². The molecule has 29 heavy (non-hydrogen) atoms. The van der Waals surface area contributed by atoms with E-state index in [-0.39, 0.29) is 13.2 Å². The molecule has 0 aromatic heterocycles. The average Bonchev–Trinajstić information content (AvgIpc) is 2.69. The Morgan fingerprint density at radius 3 is 1.00 bits per heavy atom. The van der Waals surface area contributed by atoms with Crippen molar-refractivity contribution in [2.75, 3.05) is 13.2 Å². The van der Waals surface area contributed by atoms with Crippen LogP contribution >= 0.6 is 0 Å². The van der Waals surface area contributed by atoms with E-state index in [1.54, 1.807) is 13.8 Å². The Kier molecular flexibility index (Phi) is 23.2. The molecule has 0 bridgehead atoms. The van der Waals surface area contributed by atoms with E-state index in [0.29, 0.717) is 11.1 Å². The largest absolute Gasteiger partial charge is 0.459 e. The molecular formula is C25H46O4. The van der Waals surface area contributed by atoms with Crippen molar-refractivity contribution in [3.63, 3.8) is 0 Å². The number of hydrogen-bond donors (Lipinski definition) is 0. The molecule has 0 aliphatic carbocycles. The smallest absolute Gasteiger partial charge is 0.333 e. The number of carbonyl (C=O) groups is 2. The maximum absolute atomic E-state index is 10.8. The average molecular weight is 411 g/mol. The quantitative estimate of drug-likeness (QED) is 0.143. The first-order valence-corrected chi connectivity index (χ1v) is 11.5. The summed E-state index contributed by atoms with van der Waals surface area (Å²) in [4.78, 5) is 21.7. The van der Waals surface area contributed by atoms with Crippen LogP contribution in [-0.2, 0) is 19.1 Å². The second-order valence-corrected chi connectivity index (χ2v) is 7.72. The lowest BCUT2D eigenvalue weighted by Gasteiger charge is -2.05. The number of hydrogen-bond acceptors (Lipinski definition) is 4. The first-order chi connectivity index (χ1) is 13.9. The summed E-state index contributed by atoms with van der Waals surface area (Å²) < 4.78 is 9.38. The molecule has 0 fully saturated rings. The fraction of sp³-hybridized carbons (Fsp3) is 0.760. The van der Waals surface area contributed by atoms with Crippen LogP contribution in [0.1, 0.15) is 111 Å². The molecule has 0 atom stereocenters. The van der Waals surface area contributed by atoms with Gasteiger partial charge < -0.3 is 9.47 Å². The zero-order valence-corrected chi connectivity index (χ0v) is 19.7. The van der Waals surface area contributed by atoms with Crippen LogP contribution in [0, 0.1) is 0 Å². The summed E-state index contributed by atoms with van der Waals surface area (Å²) in [5, 5.41) is 0. The summed E-state index contributed by atoms with van der Waals surface area (Å²) >= 11 is 0. The molecule has 0 saturated heterocycles. The van der Waals surface area contributed by atoms with Gasteiger partial charge in [0.25, 0.3) is 0 Å². The minimum absolute atomic E-state index is 0.0325. The number of esters is 2. The predicted octanol–water partition coefficient (Wildman–Crippen LogP) is 7.32. The normalized spacial score (nSPS) is 9.93. The molecule has 0 rings (SSSR count). The van der Waals surface area contributed by atoms with Gasteiger partial charge in [0.15, 0.2) is 0 Å². The first-order valence-electron chi connectivity index (χ1n) is 11.5. The minimum Gasteiger partial charge on any atom is -0.459 e. The van der Waals surface area contributed by atoms with E-state index >= 15 is 0 Å². The number of carbonyl (C=O) groups excluding carboxylic acids is 2. The summed E-state index contributed by atoms with van der Waals surface area (Å²) in [5.41, 5.74) is 0.632. The standard InChI is InChI=1S/C15H32.C10H14O4/c1-3-5-7-9-11-13-15-14-12-10-8-6-4-2;1-7(2)9(11)13-5-6-14-10(12)8(3)4/h3-15H2,1-2H3;1,3,5-6H2,2,4H3. The van der Waals surface area contributed by atoms with Gasteiger partial charge in [0.2, 0.25) is 0 Å². The number of unbranched alkanes of at least 4 members (excludes halogenated alkanes) is 12. The third-order valence-electron chi connectivity index (χ3n) is 4.45. The van der Waals surface area contributed by atoms with Crippen LogP contribution in [-0.4, -0.2) is 25.2 Å². The molecule has 0 aromatic carbocycles. The highest BCUT2D eigenvalue weighted by Crippen LogP contribution is 2.12. The van der Waals surface area contributed by atoms with Gasteiger partial charge in [0, 0.05) is 11.1 Å². The van der Waals surface area contributed by atoms with Crippen molar-refractivity contribution < 1.29 is 19.1 Å². The number of rotatable bonds is 17. The summed E-state index contributed by atoms with van der Waals surface area (Å²) in [6, 6.07) is 0. The fourth-order valence-electron chi connectivity index (χ4n) is 2.61. The summed E-state index contributed by atoms with van der Waals surface area (Å²) in [5.74, 6) is -0.979. The maximum atomic E-state index is 10.8. The maximum Gasteiger partial charge on any atom is 0.333 e. The lowest BCUT2D eigenvalue weighted by molar-refractivity contribution is -0.147. The Labute approximate surface area is 180 Å². The van der Waals surface area contributed by atoms with Gasteiger partial charge in [-0.2, -0.15) is 0 Å². The Hall–Kier alpha value is -1.58. The highest BCUT2D eigenvalue weighted by molar-refractivity contribution is 5.87. The molecule has 4 nitrogen and oxygen atoms in total. The van der Waals surface area contributed by atoms with E-state index in [1.807, 2.05) is 0 Å². The zero-order valence-electron chi connectivity index (χ0n) is 19.7. The topological polar surface area (TPSA) is 52.6 Å². The van der Waals surface area contributed by atoms with Gasteiger partial charge in [-0.15, -0.1) is 0 Å². The van der Waals surface area contributed by atoms with E-state index in [1.165, 1.54) is 83.5 Å². The molecule has 0 aliphatic rings. The van der Waals surface area contributed by atoms with Crippen LogP contribution in [0.25, 0.3) is 0 Å². The van der Waals surface area contributed by atoms with E-state index in [2.05, 4.69) is 36.5 Å². The van der Waals surface area contributed by atoms with Gasteiger partial charge in [-0.05, 0) is 13.8 Å². The van der Waals surface area contributed by atoms with Crippen LogP contribution < -0.4 is 0 Å². The van der Waals surface area contributed by atoms with Gasteiger partial charge in [0.05, 0.1) is 0 Å². The molecule has 0 N–H and O–H groups in total. The first kappa shape index (κ1) is 29.6. The molecule has 0 spiro atoms. The molecular weight excluding hydrogens is 364 g/mol. The third-order valence-corrected chi connectivity index (χ3v) is 4.45. The fourth-order valence-corrected chi connectivity index (χ4v) is 2.61. The van der Waals surface area contributed by atoms with Crippen molar-refractivity contribution in [1.29, 1.82) is 0 Å². The second-order valence-electron chi connectivity index (χ2n) is 7.72. The van der Waals surface area contributed by atoms with Gasteiger partial charge in [-0.3, -0.25) is 0 Å². The van der Waals surface area contributed by atoms with Crippen molar-refractivity contribution in [3.8, 4) is 0 Å². The Balaban J connectivity index is 0. The minimum atomic E-state index is -0.489. The highest BCUT2D eigenvalue weighted by atomic mass is 16.6. The monoisotopic (exact) mass is 410 g/mol. The van der Waals surface area contributed by atoms with E-state index in [9.17, 15) is 9.59 Å². The Morgan fingerprint density at radius 2 is 0.793 bits per heavy atom. The van der Waals surface area contributed by atoms with Crippen molar-refractivity contribution >= 4 is 11.9 Å². The molecule has 0 aliphatic heterocycles. The Morgan fingerprint density at radius 1 is 0.552 bits per heavy atom. The molecule has 0 saturated carbocycles. The van der Waals surface area contributed by atoms with Crippen LogP contribution in [0.4, 0.5) is 0 Å². The van der Waals surface area contributed by atoms with E-state index in [4.69, 9.17) is 0 Å². The molecule has 0 amide bonds. The Bertz CT molecular complexity index is 400. The van der Waals surface area contributed by atoms with E-state index in [0.717, 1.165) is 0 Å². The predicted molar refractivity (Wildman–Crippen MR) is 123 cm³/mol. The highest BCUT2D eigenvalue weighted by Gasteiger charge is 2.05. The molecule has 0 aromatic rings. The SMILES string of the molecule is C=C(C)C(=O)OCCOC(=O)C(=C)C.CCCCCCCCCCCCCCC. The van der Waals surface area contributed by atoms with Gasteiger partial charge in [-0.25, -0.2) is 9.59 Å². The molecule has 0 unspecified atom stereocenters. The van der Waals surface area contributed by atoms with Gasteiger partial charge >= 0.3 is 11.9 Å². The molecule has 0 heterocycles. The van der Waals surface area contributed by atoms with Crippen LogP contribution in [0.15, 0.2) is 24.3 Å². The van der Waals surface area contributed by atoms with Crippen molar-refractivity contribution in [3.05, 3.63) is 24.3 Å². The summed E-state index contributed by atoms with van der Waals surface area (Å²) in [7, 11) is 0.